The Balaban J connectivity index is 2.40. The quantitative estimate of drug-likeness (QED) is 0.612. The topological polar surface area (TPSA) is 68.1 Å². The summed E-state index contributed by atoms with van der Waals surface area (Å²) in [4.78, 5) is 13.6. The van der Waals surface area contributed by atoms with Crippen LogP contribution >= 0.6 is 11.8 Å². The third kappa shape index (κ3) is 4.06. The fourth-order valence-electron chi connectivity index (χ4n) is 1.14. The summed E-state index contributed by atoms with van der Waals surface area (Å²) in [6.07, 6.45) is 4.62. The maximum absolute atomic E-state index is 10.4. The van der Waals surface area contributed by atoms with Gasteiger partial charge in [-0.05, 0) is 28.7 Å². The molecule has 5 nitrogen and oxygen atoms in total. The number of thioether (sulfide) groups is 1. The van der Waals surface area contributed by atoms with Crippen molar-refractivity contribution >= 4 is 23.3 Å². The molecule has 6 heteroatoms. The molecule has 1 heterocycles. The second-order valence-electron chi connectivity index (χ2n) is 3.42. The third-order valence-electron chi connectivity index (χ3n) is 2.22. The van der Waals surface area contributed by atoms with Gasteiger partial charge in [0.1, 0.15) is 0 Å². The number of aromatic nitrogens is 1. The normalized spacial score (nSPS) is 12.1. The van der Waals surface area contributed by atoms with Gasteiger partial charge in [-0.2, -0.15) is 11.8 Å². The van der Waals surface area contributed by atoms with E-state index in [0.717, 1.165) is 18.7 Å². The molecule has 88 valence electrons. The van der Waals surface area contributed by atoms with Crippen molar-refractivity contribution in [3.8, 4) is 0 Å². The molecule has 1 aromatic heterocycles. The zero-order valence-electron chi connectivity index (χ0n) is 9.34. The van der Waals surface area contributed by atoms with Crippen molar-refractivity contribution in [2.45, 2.75) is 18.6 Å². The van der Waals surface area contributed by atoms with Crippen LogP contribution in [0.4, 0.5) is 11.5 Å². The van der Waals surface area contributed by atoms with E-state index in [0.29, 0.717) is 5.25 Å². The first-order chi connectivity index (χ1) is 7.63. The highest BCUT2D eigenvalue weighted by Crippen LogP contribution is 2.13. The van der Waals surface area contributed by atoms with E-state index in [1.807, 2.05) is 11.8 Å². The highest BCUT2D eigenvalue weighted by molar-refractivity contribution is 7.99. The minimum atomic E-state index is -0.500. The molecular formula is C10H15N3O2S. The number of nitrogens with one attached hydrogen (secondary N) is 1. The van der Waals surface area contributed by atoms with E-state index in [1.54, 1.807) is 6.07 Å². The minimum Gasteiger partial charge on any atom is -0.382 e. The summed E-state index contributed by atoms with van der Waals surface area (Å²) in [7, 11) is 0. The molecule has 0 aromatic carbocycles. The average molecular weight is 241 g/mol. The van der Waals surface area contributed by atoms with Gasteiger partial charge in [0.2, 0.25) is 0 Å². The lowest BCUT2D eigenvalue weighted by molar-refractivity contribution is -0.389. The molecule has 0 saturated carbocycles. The molecule has 1 unspecified atom stereocenters. The number of pyridine rings is 1. The Morgan fingerprint density at radius 2 is 2.38 bits per heavy atom. The van der Waals surface area contributed by atoms with Crippen LogP contribution in [0.2, 0.25) is 0 Å². The summed E-state index contributed by atoms with van der Waals surface area (Å²) in [5, 5.41) is 14.2. The monoisotopic (exact) mass is 241 g/mol. The third-order valence-corrected chi connectivity index (χ3v) is 3.26. The van der Waals surface area contributed by atoms with Crippen molar-refractivity contribution in [3.05, 3.63) is 28.4 Å². The van der Waals surface area contributed by atoms with Crippen LogP contribution in [0.15, 0.2) is 18.3 Å². The molecule has 0 aliphatic heterocycles. The second-order valence-corrected chi connectivity index (χ2v) is 4.70. The molecule has 1 aromatic rings. The van der Waals surface area contributed by atoms with Gasteiger partial charge in [0.05, 0.1) is 5.69 Å². The van der Waals surface area contributed by atoms with Gasteiger partial charge >= 0.3 is 5.82 Å². The summed E-state index contributed by atoms with van der Waals surface area (Å²) < 4.78 is 0. The van der Waals surface area contributed by atoms with Gasteiger partial charge in [0.25, 0.3) is 0 Å². The maximum atomic E-state index is 10.4. The number of hydrogen-bond donors (Lipinski definition) is 1. The predicted octanol–water partition coefficient (Wildman–Crippen LogP) is 2.54. The lowest BCUT2D eigenvalue weighted by atomic mass is 10.3. The van der Waals surface area contributed by atoms with Gasteiger partial charge in [-0.1, -0.05) is 6.92 Å². The van der Waals surface area contributed by atoms with E-state index in [-0.39, 0.29) is 5.82 Å². The Morgan fingerprint density at radius 3 is 2.88 bits per heavy atom. The van der Waals surface area contributed by atoms with Crippen molar-refractivity contribution in [1.29, 1.82) is 0 Å². The van der Waals surface area contributed by atoms with Crippen LogP contribution in [0.5, 0.6) is 0 Å². The van der Waals surface area contributed by atoms with E-state index >= 15 is 0 Å². The van der Waals surface area contributed by atoms with Crippen LogP contribution in [0.1, 0.15) is 13.3 Å². The van der Waals surface area contributed by atoms with Gasteiger partial charge in [-0.25, -0.2) is 0 Å². The molecule has 0 fully saturated rings. The fraction of sp³-hybridized carbons (Fsp3) is 0.500. The SMILES string of the molecule is CSC(C)CCNc1ccc([N+](=O)[O-])nc1. The molecular weight excluding hydrogens is 226 g/mol. The molecule has 0 saturated heterocycles. The Morgan fingerprint density at radius 1 is 1.62 bits per heavy atom. The van der Waals surface area contributed by atoms with Crippen molar-refractivity contribution in [1.82, 2.24) is 4.98 Å². The Labute approximate surface area is 98.8 Å². The van der Waals surface area contributed by atoms with Gasteiger partial charge in [-0.15, -0.1) is 0 Å². The standard InChI is InChI=1S/C10H15N3O2S/c1-8(16-2)5-6-11-9-3-4-10(12-7-9)13(14)15/h3-4,7-8,11H,5-6H2,1-2H3. The van der Waals surface area contributed by atoms with Gasteiger partial charge in [0, 0.05) is 17.9 Å². The van der Waals surface area contributed by atoms with E-state index in [2.05, 4.69) is 23.5 Å². The zero-order chi connectivity index (χ0) is 12.0. The Hall–Kier alpha value is -1.30. The lowest BCUT2D eigenvalue weighted by Gasteiger charge is -2.08. The number of nitrogens with zero attached hydrogens (tertiary/aromatic N) is 2. The summed E-state index contributed by atoms with van der Waals surface area (Å²) >= 11 is 1.82. The van der Waals surface area contributed by atoms with Crippen molar-refractivity contribution in [2.75, 3.05) is 18.1 Å². The zero-order valence-corrected chi connectivity index (χ0v) is 10.2. The summed E-state index contributed by atoms with van der Waals surface area (Å²) in [6.45, 7) is 3.02. The first-order valence-electron chi connectivity index (χ1n) is 5.00. The van der Waals surface area contributed by atoms with Crippen molar-refractivity contribution in [3.63, 3.8) is 0 Å². The smallest absolute Gasteiger partial charge is 0.363 e. The van der Waals surface area contributed by atoms with Crippen LogP contribution in [0, 0.1) is 10.1 Å². The first kappa shape index (κ1) is 12.8. The van der Waals surface area contributed by atoms with Crippen LogP contribution in [0.25, 0.3) is 0 Å². The Kier molecular flexibility index (Phi) is 5.04. The largest absolute Gasteiger partial charge is 0.382 e. The summed E-state index contributed by atoms with van der Waals surface area (Å²) in [6, 6.07) is 3.08. The molecule has 0 amide bonds. The molecule has 1 atom stereocenters. The summed E-state index contributed by atoms with van der Waals surface area (Å²) in [5.74, 6) is -0.122. The van der Waals surface area contributed by atoms with E-state index in [4.69, 9.17) is 0 Å². The minimum absolute atomic E-state index is 0.122. The van der Waals surface area contributed by atoms with Gasteiger partial charge in [-0.3, -0.25) is 0 Å². The average Bonchev–Trinajstić information content (AvgIpc) is 2.29. The second kappa shape index (κ2) is 6.32. The molecule has 0 spiro atoms. The van der Waals surface area contributed by atoms with E-state index in [1.165, 1.54) is 12.3 Å². The van der Waals surface area contributed by atoms with E-state index in [9.17, 15) is 10.1 Å². The molecule has 0 bridgehead atoms. The number of hydrogen-bond acceptors (Lipinski definition) is 5. The van der Waals surface area contributed by atoms with E-state index < -0.39 is 4.92 Å². The Bertz CT molecular complexity index is 342. The molecule has 16 heavy (non-hydrogen) atoms. The number of rotatable bonds is 6. The van der Waals surface area contributed by atoms with Crippen LogP contribution in [-0.4, -0.2) is 28.0 Å². The molecule has 0 aliphatic carbocycles. The van der Waals surface area contributed by atoms with Gasteiger partial charge in [0.15, 0.2) is 6.20 Å². The number of anilines is 1. The lowest BCUT2D eigenvalue weighted by Crippen LogP contribution is -2.07. The molecule has 1 N–H and O–H groups in total. The van der Waals surface area contributed by atoms with Crippen molar-refractivity contribution in [2.24, 2.45) is 0 Å². The van der Waals surface area contributed by atoms with Crippen LogP contribution in [0.3, 0.4) is 0 Å². The van der Waals surface area contributed by atoms with Crippen LogP contribution < -0.4 is 5.32 Å². The first-order valence-corrected chi connectivity index (χ1v) is 6.29. The van der Waals surface area contributed by atoms with Crippen LogP contribution in [-0.2, 0) is 0 Å². The highest BCUT2D eigenvalue weighted by atomic mass is 32.2. The molecule has 0 aliphatic rings. The summed E-state index contributed by atoms with van der Waals surface area (Å²) in [5.41, 5.74) is 0.818. The fourth-order valence-corrected chi connectivity index (χ4v) is 1.49. The molecule has 0 radical (unpaired) electrons. The number of nitro groups is 1. The van der Waals surface area contributed by atoms with Gasteiger partial charge < -0.3 is 15.4 Å². The highest BCUT2D eigenvalue weighted by Gasteiger charge is 2.06. The van der Waals surface area contributed by atoms with Crippen molar-refractivity contribution < 1.29 is 4.92 Å². The molecule has 1 rings (SSSR count). The maximum Gasteiger partial charge on any atom is 0.363 e. The predicted molar refractivity (Wildman–Crippen MR) is 67.0 cm³/mol.